The number of hydrogen-bond acceptors (Lipinski definition) is 14. The summed E-state index contributed by atoms with van der Waals surface area (Å²) in [5.41, 5.74) is 0. The normalized spacial score (nSPS) is 17.1. The maximum Gasteiger partial charge on any atom is 1.00 e. The molecule has 1 heterocycles. The molecule has 0 aromatic rings. The van der Waals surface area contributed by atoms with Crippen LogP contribution < -0.4 is 29.6 Å². The Bertz CT molecular complexity index is 1720. The Morgan fingerprint density at radius 2 is 0.640 bits per heavy atom. The molecule has 16 heteroatoms. The SMILES string of the molecule is CCCCCCCCCCCCCCCC(=O)OC[C@H](CO[C@H]1O[C@H](CS(=O)(=O)[O-])[C@@H](O)[C@H](OC(=O)CCCCCCCCCCCCCCC)[C@H]1OC(=O)CCCCCCCCCCCCCCC)OC(=O)CCCCCCCCCCCCCCC.[Na+]. The molecule has 0 radical (unpaired) electrons. The van der Waals surface area contributed by atoms with Gasteiger partial charge in [0, 0.05) is 25.7 Å². The van der Waals surface area contributed by atoms with Gasteiger partial charge in [0.05, 0.1) is 22.5 Å². The van der Waals surface area contributed by atoms with E-state index in [9.17, 15) is 37.3 Å². The van der Waals surface area contributed by atoms with Crippen molar-refractivity contribution in [3.05, 3.63) is 0 Å². The fraction of sp³-hybridized carbons (Fsp3) is 0.945. The first kappa shape index (κ1) is 87.7. The summed E-state index contributed by atoms with van der Waals surface area (Å²) in [7, 11) is -5.02. The van der Waals surface area contributed by atoms with Crippen molar-refractivity contribution in [3.63, 3.8) is 0 Å². The van der Waals surface area contributed by atoms with Crippen molar-refractivity contribution in [3.8, 4) is 0 Å². The number of rotatable bonds is 66. The molecule has 0 aliphatic carbocycles. The van der Waals surface area contributed by atoms with Gasteiger partial charge in [-0.3, -0.25) is 19.2 Å². The second-order valence-corrected chi connectivity index (χ2v) is 27.7. The number of aliphatic hydroxyl groups excluding tert-OH is 1. The molecule has 6 atom stereocenters. The van der Waals surface area contributed by atoms with Crippen molar-refractivity contribution in [1.29, 1.82) is 0 Å². The Labute approximate surface area is 568 Å². The second-order valence-electron chi connectivity index (χ2n) is 26.3. The third-order valence-electron chi connectivity index (χ3n) is 17.6. The minimum Gasteiger partial charge on any atom is -0.748 e. The fourth-order valence-electron chi connectivity index (χ4n) is 12.0. The van der Waals surface area contributed by atoms with Crippen molar-refractivity contribution in [2.24, 2.45) is 0 Å². The minimum atomic E-state index is -5.02. The Morgan fingerprint density at radius 1 is 0.382 bits per heavy atom. The molecule has 0 spiro atoms. The molecule has 0 unspecified atom stereocenters. The molecule has 1 rings (SSSR count). The molecular formula is C73H137NaO14S. The number of esters is 4. The summed E-state index contributed by atoms with van der Waals surface area (Å²) < 4.78 is 72.6. The number of aliphatic hydroxyl groups is 1. The number of hydrogen-bond donors (Lipinski definition) is 1. The molecular weight excluding hydrogens is 1160 g/mol. The van der Waals surface area contributed by atoms with Crippen molar-refractivity contribution >= 4 is 34.0 Å². The van der Waals surface area contributed by atoms with E-state index in [1.165, 1.54) is 218 Å². The van der Waals surface area contributed by atoms with E-state index in [1.807, 2.05) is 0 Å². The van der Waals surface area contributed by atoms with Crippen molar-refractivity contribution in [2.75, 3.05) is 19.0 Å². The number of carbonyl (C=O) groups excluding carboxylic acids is 4. The zero-order valence-electron chi connectivity index (χ0n) is 58.3. The van der Waals surface area contributed by atoms with E-state index < -0.39 is 83.2 Å². The Kier molecular flexibility index (Phi) is 63.1. The molecule has 0 aromatic heterocycles. The molecule has 1 aliphatic rings. The van der Waals surface area contributed by atoms with Gasteiger partial charge in [0.2, 0.25) is 0 Å². The van der Waals surface area contributed by atoms with E-state index in [1.54, 1.807) is 0 Å². The van der Waals surface area contributed by atoms with Gasteiger partial charge in [0.25, 0.3) is 0 Å². The average Bonchev–Trinajstić information content (AvgIpc) is 2.68. The number of unbranched alkanes of at least 4 members (excludes halogenated alkanes) is 48. The Balaban J connectivity index is 0.0000774. The Morgan fingerprint density at radius 3 is 0.933 bits per heavy atom. The molecule has 1 saturated heterocycles. The van der Waals surface area contributed by atoms with Gasteiger partial charge in [0.1, 0.15) is 18.8 Å². The summed E-state index contributed by atoms with van der Waals surface area (Å²) in [4.78, 5) is 54.0. The van der Waals surface area contributed by atoms with E-state index in [4.69, 9.17) is 28.4 Å². The predicted octanol–water partition coefficient (Wildman–Crippen LogP) is 16.8. The number of ether oxygens (including phenoxy) is 6. The largest absolute Gasteiger partial charge is 1.00 e. The van der Waals surface area contributed by atoms with E-state index in [0.29, 0.717) is 25.7 Å². The molecule has 0 saturated carbocycles. The molecule has 0 amide bonds. The van der Waals surface area contributed by atoms with E-state index in [-0.39, 0.29) is 61.8 Å². The fourth-order valence-corrected chi connectivity index (χ4v) is 12.7. The molecule has 89 heavy (non-hydrogen) atoms. The average molecular weight is 1290 g/mol. The van der Waals surface area contributed by atoms with Crippen LogP contribution >= 0.6 is 0 Å². The topological polar surface area (TPSA) is 201 Å². The van der Waals surface area contributed by atoms with Gasteiger partial charge in [-0.05, 0) is 25.7 Å². The third-order valence-corrected chi connectivity index (χ3v) is 18.4. The smallest absolute Gasteiger partial charge is 0.748 e. The van der Waals surface area contributed by atoms with Gasteiger partial charge in [-0.1, -0.05) is 336 Å². The van der Waals surface area contributed by atoms with Crippen molar-refractivity contribution in [2.45, 2.75) is 424 Å². The van der Waals surface area contributed by atoms with Gasteiger partial charge < -0.3 is 38.1 Å². The van der Waals surface area contributed by atoms with Gasteiger partial charge in [0.15, 0.2) is 24.6 Å². The molecule has 14 nitrogen and oxygen atoms in total. The standard InChI is InChI=1S/C73H138O14S.Na/c1-5-9-13-17-21-25-29-33-37-41-45-49-53-57-66(74)82-61-64(84-67(75)58-54-50-46-42-38-34-30-26-22-18-14-10-6-2)62-83-73-72(87-69(77)60-56-52-48-44-40-36-32-28-24-20-16-12-8-4)71(70(78)65(85-73)63-88(79,80)81)86-68(76)59-55-51-47-43-39-35-31-27-23-19-15-11-7-3;/h64-65,70-73,78H,5-63H2,1-4H3,(H,79,80,81);/q;+1/p-1/t64-,65-,70-,71+,72-,73+;/m1./s1. The third kappa shape index (κ3) is 55.6. The first-order chi connectivity index (χ1) is 42.8. The van der Waals surface area contributed by atoms with Crippen LogP contribution in [0.5, 0.6) is 0 Å². The summed E-state index contributed by atoms with van der Waals surface area (Å²) in [5.74, 6) is -3.50. The maximum absolute atomic E-state index is 13.7. The zero-order chi connectivity index (χ0) is 64.2. The first-order valence-electron chi connectivity index (χ1n) is 37.5. The van der Waals surface area contributed by atoms with E-state index >= 15 is 0 Å². The van der Waals surface area contributed by atoms with Crippen LogP contribution in [-0.2, 0) is 57.7 Å². The van der Waals surface area contributed by atoms with Gasteiger partial charge in [-0.15, -0.1) is 0 Å². The van der Waals surface area contributed by atoms with Crippen LogP contribution in [0.15, 0.2) is 0 Å². The summed E-state index contributed by atoms with van der Waals surface area (Å²) in [6.07, 6.45) is 50.1. The summed E-state index contributed by atoms with van der Waals surface area (Å²) >= 11 is 0. The van der Waals surface area contributed by atoms with Crippen LogP contribution in [0.1, 0.15) is 387 Å². The first-order valence-corrected chi connectivity index (χ1v) is 39.0. The summed E-state index contributed by atoms with van der Waals surface area (Å²) in [5, 5.41) is 11.7. The van der Waals surface area contributed by atoms with E-state index in [2.05, 4.69) is 27.7 Å². The molecule has 1 aliphatic heterocycles. The molecule has 1 N–H and O–H groups in total. The monoisotopic (exact) mass is 1290 g/mol. The molecule has 520 valence electrons. The quantitative estimate of drug-likeness (QED) is 0.0198. The summed E-state index contributed by atoms with van der Waals surface area (Å²) in [6, 6.07) is 0. The predicted molar refractivity (Wildman–Crippen MR) is 357 cm³/mol. The van der Waals surface area contributed by atoms with Crippen LogP contribution in [0, 0.1) is 0 Å². The van der Waals surface area contributed by atoms with Crippen molar-refractivity contribution < 1.29 is 95.2 Å². The molecule has 1 fully saturated rings. The van der Waals surface area contributed by atoms with E-state index in [0.717, 1.165) is 89.9 Å². The van der Waals surface area contributed by atoms with Crippen LogP contribution in [-0.4, -0.2) is 97.7 Å². The van der Waals surface area contributed by atoms with Gasteiger partial charge in [-0.2, -0.15) is 0 Å². The Hall–Kier alpha value is -1.33. The summed E-state index contributed by atoms with van der Waals surface area (Å²) in [6.45, 7) is 8.13. The van der Waals surface area contributed by atoms with Gasteiger partial charge in [-0.25, -0.2) is 8.42 Å². The minimum absolute atomic E-state index is 0. The van der Waals surface area contributed by atoms with Crippen LogP contribution in [0.2, 0.25) is 0 Å². The molecule has 0 bridgehead atoms. The second kappa shape index (κ2) is 64.0. The number of carbonyl (C=O) groups is 4. The van der Waals surface area contributed by atoms with Crippen LogP contribution in [0.25, 0.3) is 0 Å². The van der Waals surface area contributed by atoms with Gasteiger partial charge >= 0.3 is 53.4 Å². The van der Waals surface area contributed by atoms with Crippen LogP contribution in [0.4, 0.5) is 0 Å². The molecule has 0 aromatic carbocycles. The maximum atomic E-state index is 13.7. The van der Waals surface area contributed by atoms with Crippen LogP contribution in [0.3, 0.4) is 0 Å². The zero-order valence-corrected chi connectivity index (χ0v) is 61.2. The van der Waals surface area contributed by atoms with Crippen molar-refractivity contribution in [1.82, 2.24) is 0 Å².